The van der Waals surface area contributed by atoms with E-state index >= 15 is 0 Å². The van der Waals surface area contributed by atoms with E-state index in [4.69, 9.17) is 4.42 Å². The maximum atomic E-state index is 11.6. The fourth-order valence-corrected chi connectivity index (χ4v) is 1.56. The van der Waals surface area contributed by atoms with Crippen LogP contribution in [0.5, 0.6) is 0 Å². The Kier molecular flexibility index (Phi) is 1.98. The summed E-state index contributed by atoms with van der Waals surface area (Å²) in [5, 5.41) is 1.77. The Morgan fingerprint density at radius 3 is 2.92 bits per heavy atom. The fraction of sp³-hybridized carbons (Fsp3) is 0.111. The molecule has 0 amide bonds. The molecule has 0 unspecified atom stereocenters. The van der Waals surface area contributed by atoms with E-state index in [0.717, 1.165) is 5.56 Å². The average Bonchev–Trinajstić information content (AvgIpc) is 2.72. The zero-order chi connectivity index (χ0) is 9.26. The van der Waals surface area contributed by atoms with Crippen molar-refractivity contribution in [3.8, 4) is 0 Å². The molecule has 2 aromatic heterocycles. The van der Waals surface area contributed by atoms with Crippen molar-refractivity contribution >= 4 is 17.3 Å². The molecule has 0 bridgehead atoms. The number of carbonyl (C=O) groups excluding carboxylic acids is 1. The maximum absolute atomic E-state index is 11.6. The van der Waals surface area contributed by atoms with Crippen molar-refractivity contribution in [1.82, 2.24) is 4.37 Å². The Bertz CT molecular complexity index is 417. The van der Waals surface area contributed by atoms with Crippen LogP contribution in [0.2, 0.25) is 0 Å². The summed E-state index contributed by atoms with van der Waals surface area (Å²) in [6.07, 6.45) is 1.51. The zero-order valence-corrected chi connectivity index (χ0v) is 7.80. The number of aromatic nitrogens is 1. The van der Waals surface area contributed by atoms with Gasteiger partial charge in [-0.05, 0) is 36.2 Å². The highest BCUT2D eigenvalue weighted by Crippen LogP contribution is 2.14. The molecule has 13 heavy (non-hydrogen) atoms. The van der Waals surface area contributed by atoms with Crippen LogP contribution in [0.15, 0.2) is 28.2 Å². The molecule has 0 radical (unpaired) electrons. The van der Waals surface area contributed by atoms with Gasteiger partial charge in [-0.25, -0.2) is 0 Å². The van der Waals surface area contributed by atoms with Crippen molar-refractivity contribution in [1.29, 1.82) is 0 Å². The van der Waals surface area contributed by atoms with Gasteiger partial charge in [-0.1, -0.05) is 0 Å². The van der Waals surface area contributed by atoms with Gasteiger partial charge in [-0.2, -0.15) is 4.37 Å². The second-order valence-electron chi connectivity index (χ2n) is 2.65. The van der Waals surface area contributed by atoms with Crippen LogP contribution in [0.4, 0.5) is 0 Å². The summed E-state index contributed by atoms with van der Waals surface area (Å²) in [4.78, 5) is 11.6. The molecule has 4 heteroatoms. The predicted octanol–water partition coefficient (Wildman–Crippen LogP) is 2.28. The number of hydrogen-bond acceptors (Lipinski definition) is 4. The molecule has 2 heterocycles. The van der Waals surface area contributed by atoms with E-state index in [-0.39, 0.29) is 5.78 Å². The molecule has 0 saturated heterocycles. The standard InChI is InChI=1S/C9H7NO2S/c1-6-2-4-12-9(6)8(11)7-3-5-13-10-7/h2-5H,1H3. The summed E-state index contributed by atoms with van der Waals surface area (Å²) in [5.74, 6) is 0.231. The van der Waals surface area contributed by atoms with Crippen LogP contribution in [-0.4, -0.2) is 10.2 Å². The van der Waals surface area contributed by atoms with Crippen LogP contribution in [0, 0.1) is 6.92 Å². The van der Waals surface area contributed by atoms with Gasteiger partial charge < -0.3 is 4.42 Å². The molecule has 0 spiro atoms. The molecular weight excluding hydrogens is 186 g/mol. The van der Waals surface area contributed by atoms with E-state index in [2.05, 4.69) is 4.37 Å². The minimum atomic E-state index is -0.149. The zero-order valence-electron chi connectivity index (χ0n) is 6.98. The number of rotatable bonds is 2. The summed E-state index contributed by atoms with van der Waals surface area (Å²) in [6, 6.07) is 3.45. The first-order chi connectivity index (χ1) is 6.29. The maximum Gasteiger partial charge on any atom is 0.247 e. The second-order valence-corrected chi connectivity index (χ2v) is 3.31. The smallest absolute Gasteiger partial charge is 0.247 e. The Morgan fingerprint density at radius 1 is 1.54 bits per heavy atom. The minimum absolute atomic E-state index is 0.149. The largest absolute Gasteiger partial charge is 0.461 e. The SMILES string of the molecule is Cc1ccoc1C(=O)c1ccsn1. The normalized spacial score (nSPS) is 10.2. The van der Waals surface area contributed by atoms with Crippen LogP contribution in [0.3, 0.4) is 0 Å². The lowest BCUT2D eigenvalue weighted by molar-refractivity contribution is 0.100. The topological polar surface area (TPSA) is 43.1 Å². The summed E-state index contributed by atoms with van der Waals surface area (Å²) in [7, 11) is 0. The van der Waals surface area contributed by atoms with Crippen molar-refractivity contribution in [2.75, 3.05) is 0 Å². The molecule has 0 atom stereocenters. The molecular formula is C9H7NO2S. The highest BCUT2D eigenvalue weighted by atomic mass is 32.1. The van der Waals surface area contributed by atoms with Gasteiger partial charge in [0.2, 0.25) is 5.78 Å². The van der Waals surface area contributed by atoms with Crippen LogP contribution >= 0.6 is 11.5 Å². The third kappa shape index (κ3) is 1.40. The first-order valence-electron chi connectivity index (χ1n) is 3.78. The molecule has 0 aliphatic rings. The molecule has 66 valence electrons. The molecule has 2 aromatic rings. The van der Waals surface area contributed by atoms with Crippen molar-refractivity contribution in [2.24, 2.45) is 0 Å². The lowest BCUT2D eigenvalue weighted by atomic mass is 10.2. The number of hydrogen-bond donors (Lipinski definition) is 0. The average molecular weight is 193 g/mol. The van der Waals surface area contributed by atoms with E-state index in [9.17, 15) is 4.79 Å². The third-order valence-corrected chi connectivity index (χ3v) is 2.30. The Morgan fingerprint density at radius 2 is 2.38 bits per heavy atom. The lowest BCUT2D eigenvalue weighted by Crippen LogP contribution is -2.00. The highest BCUT2D eigenvalue weighted by Gasteiger charge is 2.16. The van der Waals surface area contributed by atoms with Gasteiger partial charge in [0.1, 0.15) is 5.69 Å². The first kappa shape index (κ1) is 8.19. The Balaban J connectivity index is 2.39. The van der Waals surface area contributed by atoms with E-state index in [0.29, 0.717) is 11.5 Å². The number of ketones is 1. The second kappa shape index (κ2) is 3.14. The quantitative estimate of drug-likeness (QED) is 0.687. The Hall–Kier alpha value is -1.42. The molecule has 0 fully saturated rings. The number of aryl methyl sites for hydroxylation is 1. The van der Waals surface area contributed by atoms with Gasteiger partial charge >= 0.3 is 0 Å². The summed E-state index contributed by atoms with van der Waals surface area (Å²) >= 11 is 1.26. The number of furan rings is 1. The number of nitrogens with zero attached hydrogens (tertiary/aromatic N) is 1. The van der Waals surface area contributed by atoms with Crippen molar-refractivity contribution in [2.45, 2.75) is 6.92 Å². The summed E-state index contributed by atoms with van der Waals surface area (Å²) in [5.41, 5.74) is 1.29. The van der Waals surface area contributed by atoms with Crippen LogP contribution in [-0.2, 0) is 0 Å². The van der Waals surface area contributed by atoms with Crippen molar-refractivity contribution in [3.63, 3.8) is 0 Å². The number of carbonyl (C=O) groups is 1. The molecule has 0 aliphatic carbocycles. The molecule has 0 saturated carbocycles. The van der Waals surface area contributed by atoms with E-state index in [1.165, 1.54) is 17.8 Å². The van der Waals surface area contributed by atoms with Gasteiger partial charge in [-0.3, -0.25) is 4.79 Å². The lowest BCUT2D eigenvalue weighted by Gasteiger charge is -1.92. The van der Waals surface area contributed by atoms with Crippen molar-refractivity contribution < 1.29 is 9.21 Å². The van der Waals surface area contributed by atoms with E-state index < -0.39 is 0 Å². The molecule has 0 N–H and O–H groups in total. The van der Waals surface area contributed by atoms with Crippen LogP contribution < -0.4 is 0 Å². The van der Waals surface area contributed by atoms with Crippen molar-refractivity contribution in [3.05, 3.63) is 40.8 Å². The van der Waals surface area contributed by atoms with Crippen LogP contribution in [0.25, 0.3) is 0 Å². The minimum Gasteiger partial charge on any atom is -0.461 e. The predicted molar refractivity (Wildman–Crippen MR) is 49.0 cm³/mol. The first-order valence-corrected chi connectivity index (χ1v) is 4.62. The van der Waals surface area contributed by atoms with Crippen LogP contribution in [0.1, 0.15) is 21.8 Å². The monoisotopic (exact) mass is 193 g/mol. The molecule has 0 aliphatic heterocycles. The fourth-order valence-electron chi connectivity index (χ4n) is 1.05. The third-order valence-electron chi connectivity index (χ3n) is 1.74. The van der Waals surface area contributed by atoms with E-state index in [1.807, 2.05) is 6.92 Å². The van der Waals surface area contributed by atoms with Gasteiger partial charge in [0.15, 0.2) is 5.76 Å². The highest BCUT2D eigenvalue weighted by molar-refractivity contribution is 7.03. The molecule has 0 aromatic carbocycles. The Labute approximate surface area is 79.2 Å². The van der Waals surface area contributed by atoms with Gasteiger partial charge in [0.05, 0.1) is 6.26 Å². The van der Waals surface area contributed by atoms with Gasteiger partial charge in [-0.15, -0.1) is 0 Å². The molecule has 3 nitrogen and oxygen atoms in total. The summed E-state index contributed by atoms with van der Waals surface area (Å²) in [6.45, 7) is 1.84. The van der Waals surface area contributed by atoms with E-state index in [1.54, 1.807) is 17.5 Å². The van der Waals surface area contributed by atoms with Gasteiger partial charge in [0, 0.05) is 5.38 Å². The molecule has 2 rings (SSSR count). The summed E-state index contributed by atoms with van der Waals surface area (Å²) < 4.78 is 9.01. The van der Waals surface area contributed by atoms with Gasteiger partial charge in [0.25, 0.3) is 0 Å².